The molecule has 0 spiro atoms. The van der Waals surface area contributed by atoms with Crippen LogP contribution in [-0.4, -0.2) is 64.0 Å². The lowest BCUT2D eigenvalue weighted by atomic mass is 9.55. The number of nitriles is 1. The molecule has 0 bridgehead atoms. The van der Waals surface area contributed by atoms with Crippen molar-refractivity contribution in [2.24, 2.45) is 22.9 Å². The SMILES string of the molecule is C=CCOC12Oc3ccc(Oc4ccc(C)c(C)c4)cc3C3C(CCCCO)C(CCCCO)C=C(C(=NOC(C)(C)C)CC1N(Cc1ccc(F)cc1)C(=O)c1ccc(C#N)cc1)C32. The normalized spacial score (nSPS) is 22.7. The van der Waals surface area contributed by atoms with Gasteiger partial charge in [-0.15, -0.1) is 6.58 Å². The second-order valence-electron chi connectivity index (χ2n) is 18.6. The Balaban J connectivity index is 1.49. The van der Waals surface area contributed by atoms with Gasteiger partial charge in [-0.25, -0.2) is 4.39 Å². The van der Waals surface area contributed by atoms with Gasteiger partial charge in [0.2, 0.25) is 5.79 Å². The van der Waals surface area contributed by atoms with Gasteiger partial charge in [0.05, 0.1) is 29.9 Å². The molecule has 65 heavy (non-hydrogen) atoms. The molecule has 0 radical (unpaired) electrons. The maximum Gasteiger partial charge on any atom is 0.254 e. The Morgan fingerprint density at radius 1 is 0.954 bits per heavy atom. The van der Waals surface area contributed by atoms with Gasteiger partial charge in [-0.1, -0.05) is 48.3 Å². The van der Waals surface area contributed by atoms with E-state index in [0.717, 1.165) is 47.9 Å². The van der Waals surface area contributed by atoms with Crippen LogP contribution in [0.3, 0.4) is 0 Å². The summed E-state index contributed by atoms with van der Waals surface area (Å²) < 4.78 is 35.6. The van der Waals surface area contributed by atoms with E-state index in [1.165, 1.54) is 12.1 Å². The summed E-state index contributed by atoms with van der Waals surface area (Å²) >= 11 is 0. The van der Waals surface area contributed by atoms with E-state index >= 15 is 4.79 Å². The molecule has 342 valence electrons. The first-order valence-electron chi connectivity index (χ1n) is 22.9. The first kappa shape index (κ1) is 47.2. The minimum atomic E-state index is -1.53. The molecule has 1 saturated carbocycles. The van der Waals surface area contributed by atoms with Crippen molar-refractivity contribution < 1.29 is 38.4 Å². The lowest BCUT2D eigenvalue weighted by Crippen LogP contribution is -2.70. The molecule has 4 aromatic carbocycles. The van der Waals surface area contributed by atoms with Crippen LogP contribution in [0.25, 0.3) is 0 Å². The number of carbonyl (C=O) groups is 1. The predicted octanol–water partition coefficient (Wildman–Crippen LogP) is 10.9. The van der Waals surface area contributed by atoms with Gasteiger partial charge < -0.3 is 34.2 Å². The molecule has 2 N–H and O–H groups in total. The second kappa shape index (κ2) is 20.6. The van der Waals surface area contributed by atoms with Crippen LogP contribution in [-0.2, 0) is 16.1 Å². The molecule has 2 aliphatic carbocycles. The summed E-state index contributed by atoms with van der Waals surface area (Å²) in [4.78, 5) is 23.3. The molecule has 1 amide bonds. The first-order chi connectivity index (χ1) is 31.3. The quantitative estimate of drug-likeness (QED) is 0.0573. The summed E-state index contributed by atoms with van der Waals surface area (Å²) in [5.74, 6) is -1.10. The molecule has 3 aliphatic rings. The molecule has 6 unspecified atom stereocenters. The number of benzene rings is 4. The van der Waals surface area contributed by atoms with Crippen molar-refractivity contribution in [2.45, 2.75) is 109 Å². The van der Waals surface area contributed by atoms with Gasteiger partial charge in [0.15, 0.2) is 0 Å². The number of rotatable bonds is 18. The molecule has 6 atom stereocenters. The van der Waals surface area contributed by atoms with Crippen molar-refractivity contribution in [3.63, 3.8) is 0 Å². The Morgan fingerprint density at radius 3 is 2.31 bits per heavy atom. The number of unbranched alkanes of at least 4 members (excludes halogenated alkanes) is 2. The van der Waals surface area contributed by atoms with Crippen molar-refractivity contribution >= 4 is 11.6 Å². The fourth-order valence-corrected chi connectivity index (χ4v) is 9.78. The zero-order valence-electron chi connectivity index (χ0n) is 38.3. The second-order valence-corrected chi connectivity index (χ2v) is 18.6. The maximum absolute atomic E-state index is 15.3. The predicted molar refractivity (Wildman–Crippen MR) is 249 cm³/mol. The maximum atomic E-state index is 15.3. The van der Waals surface area contributed by atoms with Crippen molar-refractivity contribution in [2.75, 3.05) is 19.8 Å². The van der Waals surface area contributed by atoms with Crippen molar-refractivity contribution in [3.05, 3.63) is 148 Å². The van der Waals surface area contributed by atoms with Gasteiger partial charge in [-0.05, 0) is 161 Å². The number of aliphatic hydroxyl groups is 2. The van der Waals surface area contributed by atoms with Crippen LogP contribution in [0, 0.1) is 48.7 Å². The van der Waals surface area contributed by atoms with Crippen molar-refractivity contribution in [3.8, 4) is 23.3 Å². The number of ether oxygens (including phenoxy) is 3. The van der Waals surface area contributed by atoms with Crippen LogP contribution in [0.2, 0.25) is 0 Å². The van der Waals surface area contributed by atoms with Gasteiger partial charge in [-0.3, -0.25) is 4.79 Å². The highest BCUT2D eigenvalue weighted by molar-refractivity contribution is 6.03. The zero-order valence-corrected chi connectivity index (χ0v) is 38.3. The molecule has 1 aliphatic heterocycles. The van der Waals surface area contributed by atoms with Crippen LogP contribution in [0.15, 0.2) is 114 Å². The summed E-state index contributed by atoms with van der Waals surface area (Å²) in [7, 11) is 0. The van der Waals surface area contributed by atoms with E-state index in [9.17, 15) is 19.9 Å². The summed E-state index contributed by atoms with van der Waals surface area (Å²) in [5.41, 5.74) is 5.58. The van der Waals surface area contributed by atoms with E-state index in [1.807, 2.05) is 51.1 Å². The van der Waals surface area contributed by atoms with Gasteiger partial charge in [0.1, 0.15) is 34.7 Å². The average Bonchev–Trinajstić information content (AvgIpc) is 3.29. The minimum Gasteiger partial charge on any atom is -0.459 e. The molecular weight excluding hydrogens is 822 g/mol. The zero-order chi connectivity index (χ0) is 46.3. The highest BCUT2D eigenvalue weighted by Gasteiger charge is 2.65. The molecular formula is C54H62FN3O7. The highest BCUT2D eigenvalue weighted by Crippen LogP contribution is 2.62. The average molecular weight is 884 g/mol. The third-order valence-electron chi connectivity index (χ3n) is 13.0. The number of hydrogen-bond acceptors (Lipinski definition) is 9. The minimum absolute atomic E-state index is 0.00327. The Hall–Kier alpha value is -5.80. The lowest BCUT2D eigenvalue weighted by Gasteiger charge is -2.60. The third kappa shape index (κ3) is 10.5. The molecule has 7 rings (SSSR count). The van der Waals surface area contributed by atoms with E-state index in [0.29, 0.717) is 52.5 Å². The van der Waals surface area contributed by atoms with Gasteiger partial charge in [-0.2, -0.15) is 5.26 Å². The monoisotopic (exact) mass is 883 g/mol. The van der Waals surface area contributed by atoms with Crippen molar-refractivity contribution in [1.29, 1.82) is 5.26 Å². The fraction of sp³-hybridized carbons (Fsp3) is 0.426. The highest BCUT2D eigenvalue weighted by atomic mass is 19.1. The summed E-state index contributed by atoms with van der Waals surface area (Å²) in [6, 6.07) is 25.9. The number of allylic oxidation sites excluding steroid dienone is 1. The number of carbonyl (C=O) groups excluding carboxylic acids is 1. The Morgan fingerprint density at radius 2 is 1.65 bits per heavy atom. The number of oxime groups is 1. The Labute approximate surface area is 383 Å². The standard InChI is InChI=1S/C54H62FN3O7/c1-7-28-62-54-49(58(34-38-17-21-41(55)22-18-38)52(61)39-19-15-37(33-56)16-20-39)32-47(57-65-53(4,5)6)45-30-40(12-8-10-26-59)44(13-9-11-27-60)50(51(45)54)46-31-43(24-25-48(46)64-54)63-42-23-14-35(2)36(3)29-42/h7,14-25,29-31,40,44,49-51,59-60H,1,8-13,26-28,32,34H2,2-6H3. The van der Waals surface area contributed by atoms with E-state index < -0.39 is 29.2 Å². The smallest absolute Gasteiger partial charge is 0.254 e. The first-order valence-corrected chi connectivity index (χ1v) is 22.9. The number of fused-ring (bicyclic) bond motifs is 2. The van der Waals surface area contributed by atoms with Gasteiger partial charge in [0.25, 0.3) is 5.91 Å². The number of nitrogens with zero attached hydrogens (tertiary/aromatic N) is 3. The molecule has 10 nitrogen and oxygen atoms in total. The molecule has 1 heterocycles. The molecule has 0 saturated heterocycles. The van der Waals surface area contributed by atoms with Crippen LogP contribution in [0.4, 0.5) is 4.39 Å². The molecule has 0 aromatic heterocycles. The van der Waals surface area contributed by atoms with Crippen LogP contribution < -0.4 is 9.47 Å². The Bertz CT molecular complexity index is 2420. The number of amides is 1. The molecule has 4 aromatic rings. The van der Waals surface area contributed by atoms with E-state index in [-0.39, 0.29) is 56.4 Å². The molecule has 1 fully saturated rings. The molecule has 11 heteroatoms. The number of hydrogen-bond donors (Lipinski definition) is 2. The summed E-state index contributed by atoms with van der Waals surface area (Å²) in [5, 5.41) is 34.6. The largest absolute Gasteiger partial charge is 0.459 e. The third-order valence-corrected chi connectivity index (χ3v) is 13.0. The van der Waals surface area contributed by atoms with Crippen LogP contribution in [0.1, 0.15) is 110 Å². The lowest BCUT2D eigenvalue weighted by molar-refractivity contribution is -0.255. The van der Waals surface area contributed by atoms with E-state index in [2.05, 4.69) is 38.6 Å². The van der Waals surface area contributed by atoms with E-state index in [4.69, 9.17) is 24.2 Å². The topological polar surface area (TPSA) is 134 Å². The Kier molecular flexibility index (Phi) is 14.9. The van der Waals surface area contributed by atoms with Crippen LogP contribution in [0.5, 0.6) is 17.2 Å². The fourth-order valence-electron chi connectivity index (χ4n) is 9.78. The summed E-state index contributed by atoms with van der Waals surface area (Å²) in [6.07, 6.45) is 8.60. The van der Waals surface area contributed by atoms with E-state index in [1.54, 1.807) is 47.4 Å². The summed E-state index contributed by atoms with van der Waals surface area (Å²) in [6.45, 7) is 14.3. The number of aryl methyl sites for hydroxylation is 2. The van der Waals surface area contributed by atoms with Crippen molar-refractivity contribution in [1.82, 2.24) is 4.90 Å². The van der Waals surface area contributed by atoms with Gasteiger partial charge in [0, 0.05) is 43.2 Å². The van der Waals surface area contributed by atoms with Crippen LogP contribution >= 0.6 is 0 Å². The number of halogens is 1. The number of aliphatic hydroxyl groups excluding tert-OH is 2. The van der Waals surface area contributed by atoms with Gasteiger partial charge >= 0.3 is 0 Å².